The quantitative estimate of drug-likeness (QED) is 0.234. The first kappa shape index (κ1) is 21.2. The summed E-state index contributed by atoms with van der Waals surface area (Å²) < 4.78 is 11.5. The van der Waals surface area contributed by atoms with Crippen LogP contribution in [0.4, 0.5) is 5.69 Å². The van der Waals surface area contributed by atoms with Crippen molar-refractivity contribution in [3.8, 4) is 11.5 Å². The second-order valence-electron chi connectivity index (χ2n) is 7.31. The van der Waals surface area contributed by atoms with Crippen LogP contribution >= 0.6 is 0 Å². The summed E-state index contributed by atoms with van der Waals surface area (Å²) >= 11 is 0. The summed E-state index contributed by atoms with van der Waals surface area (Å²) in [5.74, 6) is 1.39. The van der Waals surface area contributed by atoms with Crippen LogP contribution in [-0.2, 0) is 13.2 Å². The van der Waals surface area contributed by atoms with Gasteiger partial charge in [0.05, 0.1) is 25.6 Å². The molecule has 0 spiro atoms. The second kappa shape index (κ2) is 10.8. The minimum atomic E-state index is 0.490. The van der Waals surface area contributed by atoms with Crippen molar-refractivity contribution in [2.24, 2.45) is 5.10 Å². The lowest BCUT2D eigenvalue weighted by molar-refractivity contribution is 0.284. The topological polar surface area (TPSA) is 34.1 Å². The van der Waals surface area contributed by atoms with E-state index in [2.05, 4.69) is 24.3 Å². The van der Waals surface area contributed by atoms with Crippen LogP contribution in [0.2, 0.25) is 0 Å². The third-order valence-corrected chi connectivity index (χ3v) is 5.00. The van der Waals surface area contributed by atoms with Crippen LogP contribution in [0.15, 0.2) is 114 Å². The lowest BCUT2D eigenvalue weighted by Gasteiger charge is -2.19. The maximum Gasteiger partial charge on any atom is 0.161 e. The lowest BCUT2D eigenvalue weighted by Crippen LogP contribution is -2.16. The summed E-state index contributed by atoms with van der Waals surface area (Å²) in [7, 11) is 1.65. The Morgan fingerprint density at radius 2 is 1.34 bits per heavy atom. The highest BCUT2D eigenvalue weighted by Gasteiger charge is 2.08. The highest BCUT2D eigenvalue weighted by atomic mass is 16.5. The predicted molar refractivity (Wildman–Crippen MR) is 130 cm³/mol. The number of hydrogen-bond acceptors (Lipinski definition) is 4. The molecule has 0 amide bonds. The summed E-state index contributed by atoms with van der Waals surface area (Å²) in [6.07, 6.45) is 1.85. The Labute approximate surface area is 189 Å². The number of benzene rings is 4. The fraction of sp³-hybridized carbons (Fsp3) is 0.107. The molecule has 4 aromatic rings. The van der Waals surface area contributed by atoms with E-state index in [1.165, 1.54) is 5.56 Å². The van der Waals surface area contributed by atoms with Gasteiger partial charge in [-0.3, -0.25) is 5.01 Å². The van der Waals surface area contributed by atoms with E-state index in [1.54, 1.807) is 7.11 Å². The summed E-state index contributed by atoms with van der Waals surface area (Å²) in [5, 5.41) is 6.76. The van der Waals surface area contributed by atoms with E-state index in [4.69, 9.17) is 14.6 Å². The second-order valence-corrected chi connectivity index (χ2v) is 7.31. The molecule has 0 atom stereocenters. The Morgan fingerprint density at radius 3 is 2.00 bits per heavy atom. The standard InChI is InChI=1S/C28H26N2O2/c1-31-28-19-25(17-18-27(28)32-22-24-13-7-3-8-14-24)20-29-30(26-15-9-4-10-16-26)21-23-11-5-2-6-12-23/h2-20H,21-22H2,1H3/b29-20-. The van der Waals surface area contributed by atoms with E-state index >= 15 is 0 Å². The molecule has 0 saturated heterocycles. The Bertz CT molecular complexity index is 1130. The molecule has 0 saturated carbocycles. The van der Waals surface area contributed by atoms with Gasteiger partial charge in [0.1, 0.15) is 6.61 Å². The van der Waals surface area contributed by atoms with Crippen LogP contribution in [0, 0.1) is 0 Å². The van der Waals surface area contributed by atoms with Crippen molar-refractivity contribution in [3.05, 3.63) is 126 Å². The molecule has 4 rings (SSSR count). The van der Waals surface area contributed by atoms with Crippen LogP contribution in [0.1, 0.15) is 16.7 Å². The number of para-hydroxylation sites is 1. The number of rotatable bonds is 9. The molecule has 0 aliphatic rings. The molecule has 0 bridgehead atoms. The number of ether oxygens (including phenoxy) is 2. The monoisotopic (exact) mass is 422 g/mol. The number of nitrogens with zero attached hydrogens (tertiary/aromatic N) is 2. The van der Waals surface area contributed by atoms with E-state index in [0.717, 1.165) is 16.8 Å². The number of hydrogen-bond donors (Lipinski definition) is 0. The SMILES string of the molecule is COc1cc(/C=N\N(Cc2ccccc2)c2ccccc2)ccc1OCc1ccccc1. The first-order chi connectivity index (χ1) is 15.8. The van der Waals surface area contributed by atoms with Crippen molar-refractivity contribution >= 4 is 11.9 Å². The predicted octanol–water partition coefficient (Wildman–Crippen LogP) is 6.31. The molecular weight excluding hydrogens is 396 g/mol. The van der Waals surface area contributed by atoms with Gasteiger partial charge in [0.2, 0.25) is 0 Å². The van der Waals surface area contributed by atoms with Crippen molar-refractivity contribution in [2.75, 3.05) is 12.1 Å². The van der Waals surface area contributed by atoms with Crippen molar-refractivity contribution < 1.29 is 9.47 Å². The zero-order valence-corrected chi connectivity index (χ0v) is 18.1. The molecule has 0 N–H and O–H groups in total. The van der Waals surface area contributed by atoms with Crippen molar-refractivity contribution in [1.82, 2.24) is 0 Å². The van der Waals surface area contributed by atoms with Gasteiger partial charge in [-0.25, -0.2) is 0 Å². The molecule has 0 aliphatic carbocycles. The number of hydrazone groups is 1. The van der Waals surface area contributed by atoms with E-state index in [1.807, 2.05) is 96.2 Å². The highest BCUT2D eigenvalue weighted by molar-refractivity contribution is 5.81. The normalized spacial score (nSPS) is 10.8. The zero-order chi connectivity index (χ0) is 22.0. The molecule has 4 heteroatoms. The van der Waals surface area contributed by atoms with Gasteiger partial charge in [0.25, 0.3) is 0 Å². The molecule has 0 radical (unpaired) electrons. The molecule has 160 valence electrons. The molecule has 0 fully saturated rings. The summed E-state index contributed by atoms with van der Waals surface area (Å²) in [5.41, 5.74) is 4.26. The molecule has 4 nitrogen and oxygen atoms in total. The Morgan fingerprint density at radius 1 is 0.719 bits per heavy atom. The first-order valence-corrected chi connectivity index (χ1v) is 10.6. The third kappa shape index (κ3) is 5.76. The van der Waals surface area contributed by atoms with Gasteiger partial charge in [-0.1, -0.05) is 78.9 Å². The minimum absolute atomic E-state index is 0.490. The smallest absolute Gasteiger partial charge is 0.161 e. The highest BCUT2D eigenvalue weighted by Crippen LogP contribution is 2.28. The molecule has 0 aromatic heterocycles. The van der Waals surface area contributed by atoms with Crippen LogP contribution in [0.3, 0.4) is 0 Å². The average Bonchev–Trinajstić information content (AvgIpc) is 2.87. The average molecular weight is 423 g/mol. The maximum atomic E-state index is 5.96. The molecule has 0 unspecified atom stereocenters. The van der Waals surface area contributed by atoms with E-state index in [-0.39, 0.29) is 0 Å². The molecule has 0 heterocycles. The Balaban J connectivity index is 1.51. The van der Waals surface area contributed by atoms with Gasteiger partial charge < -0.3 is 9.47 Å². The summed E-state index contributed by atoms with van der Waals surface area (Å²) in [4.78, 5) is 0. The van der Waals surface area contributed by atoms with E-state index in [9.17, 15) is 0 Å². The van der Waals surface area contributed by atoms with Gasteiger partial charge in [0, 0.05) is 0 Å². The van der Waals surface area contributed by atoms with Gasteiger partial charge >= 0.3 is 0 Å². The van der Waals surface area contributed by atoms with Crippen LogP contribution in [0.25, 0.3) is 0 Å². The summed E-state index contributed by atoms with van der Waals surface area (Å²) in [6.45, 7) is 1.17. The Kier molecular flexibility index (Phi) is 7.17. The zero-order valence-electron chi connectivity index (χ0n) is 18.1. The van der Waals surface area contributed by atoms with E-state index in [0.29, 0.717) is 24.7 Å². The number of anilines is 1. The van der Waals surface area contributed by atoms with Crippen molar-refractivity contribution in [3.63, 3.8) is 0 Å². The maximum absolute atomic E-state index is 5.96. The van der Waals surface area contributed by atoms with Gasteiger partial charge in [-0.15, -0.1) is 0 Å². The van der Waals surface area contributed by atoms with Crippen LogP contribution < -0.4 is 14.5 Å². The largest absolute Gasteiger partial charge is 0.493 e. The molecular formula is C28H26N2O2. The fourth-order valence-electron chi connectivity index (χ4n) is 3.31. The summed E-state index contributed by atoms with van der Waals surface area (Å²) in [6, 6.07) is 36.4. The molecule has 32 heavy (non-hydrogen) atoms. The minimum Gasteiger partial charge on any atom is -0.493 e. The fourth-order valence-corrected chi connectivity index (χ4v) is 3.31. The van der Waals surface area contributed by atoms with Gasteiger partial charge in [-0.05, 0) is 47.0 Å². The van der Waals surface area contributed by atoms with Crippen LogP contribution in [-0.4, -0.2) is 13.3 Å². The van der Waals surface area contributed by atoms with Gasteiger partial charge in [-0.2, -0.15) is 5.10 Å². The molecule has 4 aromatic carbocycles. The van der Waals surface area contributed by atoms with E-state index < -0.39 is 0 Å². The van der Waals surface area contributed by atoms with Crippen molar-refractivity contribution in [1.29, 1.82) is 0 Å². The molecule has 0 aliphatic heterocycles. The third-order valence-electron chi connectivity index (χ3n) is 5.00. The van der Waals surface area contributed by atoms with Gasteiger partial charge in [0.15, 0.2) is 11.5 Å². The number of methoxy groups -OCH3 is 1. The lowest BCUT2D eigenvalue weighted by atomic mass is 10.2. The van der Waals surface area contributed by atoms with Crippen molar-refractivity contribution in [2.45, 2.75) is 13.2 Å². The van der Waals surface area contributed by atoms with Crippen LogP contribution in [0.5, 0.6) is 11.5 Å². The first-order valence-electron chi connectivity index (χ1n) is 10.6. The Hall–Kier alpha value is -4.05.